The van der Waals surface area contributed by atoms with E-state index in [0.717, 1.165) is 37.1 Å². The highest BCUT2D eigenvalue weighted by atomic mass is 16.2. The van der Waals surface area contributed by atoms with Gasteiger partial charge < -0.3 is 10.6 Å². The number of aromatic nitrogens is 2. The van der Waals surface area contributed by atoms with Crippen LogP contribution >= 0.6 is 0 Å². The molecule has 7 heteroatoms. The molecule has 2 N–H and O–H groups in total. The zero-order valence-electron chi connectivity index (χ0n) is 19.1. The lowest BCUT2D eigenvalue weighted by molar-refractivity contribution is -0.123. The average molecular weight is 438 g/mol. The fourth-order valence-corrected chi connectivity index (χ4v) is 4.17. The lowest BCUT2D eigenvalue weighted by Gasteiger charge is -2.23. The van der Waals surface area contributed by atoms with Gasteiger partial charge in [-0.25, -0.2) is 0 Å². The molecule has 7 nitrogen and oxygen atoms in total. The number of aryl methyl sites for hydroxylation is 1. The quantitative estimate of drug-likeness (QED) is 0.705. The van der Waals surface area contributed by atoms with E-state index in [9.17, 15) is 9.59 Å². The molecule has 3 rings (SSSR count). The normalized spacial score (nSPS) is 19.6. The Morgan fingerprint density at radius 3 is 2.69 bits per heavy atom. The largest absolute Gasteiger partial charge is 0.356 e. The van der Waals surface area contributed by atoms with Crippen LogP contribution in [0.15, 0.2) is 49.2 Å². The summed E-state index contributed by atoms with van der Waals surface area (Å²) >= 11 is 0. The summed E-state index contributed by atoms with van der Waals surface area (Å²) in [5.41, 5.74) is 3.29. The number of nitrogens with one attached hydrogen (secondary N) is 2. The van der Waals surface area contributed by atoms with Gasteiger partial charge in [-0.1, -0.05) is 36.4 Å². The highest BCUT2D eigenvalue weighted by molar-refractivity contribution is 5.78. The number of nitrogens with zero attached hydrogens (tertiary/aromatic N) is 3. The molecule has 1 unspecified atom stereocenters. The summed E-state index contributed by atoms with van der Waals surface area (Å²) in [6.07, 6.45) is 6.73. The van der Waals surface area contributed by atoms with Crippen molar-refractivity contribution in [2.75, 3.05) is 26.2 Å². The summed E-state index contributed by atoms with van der Waals surface area (Å²) in [6, 6.07) is 10.2. The molecule has 1 aromatic heterocycles. The summed E-state index contributed by atoms with van der Waals surface area (Å²) in [4.78, 5) is 27.2. The molecule has 2 amide bonds. The van der Waals surface area contributed by atoms with Crippen LogP contribution in [0.4, 0.5) is 0 Å². The first-order valence-electron chi connectivity index (χ1n) is 11.5. The Bertz CT molecular complexity index is 893. The Balaban J connectivity index is 1.65. The third-order valence-corrected chi connectivity index (χ3v) is 5.90. The molecule has 1 fully saturated rings. The molecule has 1 aliphatic heterocycles. The molecule has 0 bridgehead atoms. The maximum atomic E-state index is 12.7. The fourth-order valence-electron chi connectivity index (χ4n) is 4.17. The molecule has 1 aromatic carbocycles. The molecule has 0 saturated carbocycles. The van der Waals surface area contributed by atoms with E-state index in [1.165, 1.54) is 5.56 Å². The van der Waals surface area contributed by atoms with Crippen LogP contribution < -0.4 is 10.6 Å². The summed E-state index contributed by atoms with van der Waals surface area (Å²) in [5.74, 6) is 0.383. The van der Waals surface area contributed by atoms with Crippen molar-refractivity contribution in [2.45, 2.75) is 51.6 Å². The second-order valence-corrected chi connectivity index (χ2v) is 8.45. The van der Waals surface area contributed by atoms with Crippen LogP contribution in [0, 0.1) is 6.92 Å². The SMILES string of the molecule is C=CCn1cc(CN2CCCNC(=O)CCC(c3ccccc3)CCNC(=O)C2)c(C)n1. The molecule has 1 aliphatic rings. The Morgan fingerprint density at radius 1 is 1.12 bits per heavy atom. The first-order valence-corrected chi connectivity index (χ1v) is 11.5. The lowest BCUT2D eigenvalue weighted by atomic mass is 9.91. The number of carbonyl (C=O) groups excluding carboxylic acids is 2. The van der Waals surface area contributed by atoms with Crippen molar-refractivity contribution in [3.05, 3.63) is 66.0 Å². The standard InChI is InChI=1S/C25H35N5O2/c1-3-15-30-18-23(20(2)28-30)17-29-16-7-13-26-24(31)11-10-22(12-14-27-25(32)19-29)21-8-5-4-6-9-21/h3-6,8-9,18,22H,1,7,10-17,19H2,2H3,(H,26,31)(H,27,32). The van der Waals surface area contributed by atoms with E-state index in [1.807, 2.05) is 42.1 Å². The van der Waals surface area contributed by atoms with Crippen molar-refractivity contribution in [1.82, 2.24) is 25.3 Å². The second-order valence-electron chi connectivity index (χ2n) is 8.45. The highest BCUT2D eigenvalue weighted by Gasteiger charge is 2.17. The summed E-state index contributed by atoms with van der Waals surface area (Å²) in [7, 11) is 0. The van der Waals surface area contributed by atoms with Gasteiger partial charge in [0.05, 0.1) is 18.8 Å². The Kier molecular flexibility index (Phi) is 9.04. The number of benzene rings is 1. The molecule has 0 radical (unpaired) electrons. The number of carbonyl (C=O) groups is 2. The molecule has 0 aliphatic carbocycles. The third kappa shape index (κ3) is 7.34. The average Bonchev–Trinajstić information content (AvgIpc) is 3.12. The van der Waals surface area contributed by atoms with Crippen LogP contribution in [-0.2, 0) is 22.7 Å². The summed E-state index contributed by atoms with van der Waals surface area (Å²) < 4.78 is 1.87. The van der Waals surface area contributed by atoms with Gasteiger partial charge in [0, 0.05) is 44.4 Å². The van der Waals surface area contributed by atoms with Gasteiger partial charge in [0.25, 0.3) is 0 Å². The van der Waals surface area contributed by atoms with Crippen molar-refractivity contribution in [3.63, 3.8) is 0 Å². The molecule has 1 saturated heterocycles. The van der Waals surface area contributed by atoms with Crippen LogP contribution in [-0.4, -0.2) is 52.7 Å². The third-order valence-electron chi connectivity index (χ3n) is 5.90. The van der Waals surface area contributed by atoms with Crippen molar-refractivity contribution in [1.29, 1.82) is 0 Å². The predicted molar refractivity (Wildman–Crippen MR) is 126 cm³/mol. The summed E-state index contributed by atoms with van der Waals surface area (Å²) in [5, 5.41) is 10.6. The molecule has 0 spiro atoms. The van der Waals surface area contributed by atoms with E-state index in [-0.39, 0.29) is 17.7 Å². The molecular formula is C25H35N5O2. The zero-order chi connectivity index (χ0) is 22.8. The van der Waals surface area contributed by atoms with Crippen molar-refractivity contribution in [3.8, 4) is 0 Å². The molecule has 1 atom stereocenters. The minimum absolute atomic E-state index is 0.0362. The van der Waals surface area contributed by atoms with Gasteiger partial charge in [0.2, 0.25) is 11.8 Å². The second kappa shape index (κ2) is 12.2. The lowest BCUT2D eigenvalue weighted by Crippen LogP contribution is -2.39. The number of hydrogen-bond acceptors (Lipinski definition) is 4. The first kappa shape index (κ1) is 23.7. The number of amides is 2. The zero-order valence-corrected chi connectivity index (χ0v) is 19.1. The van der Waals surface area contributed by atoms with Crippen LogP contribution in [0.2, 0.25) is 0 Å². The predicted octanol–water partition coefficient (Wildman–Crippen LogP) is 2.77. The maximum absolute atomic E-state index is 12.7. The van der Waals surface area contributed by atoms with E-state index < -0.39 is 0 Å². The van der Waals surface area contributed by atoms with Gasteiger partial charge in [0.1, 0.15) is 0 Å². The topological polar surface area (TPSA) is 79.3 Å². The Morgan fingerprint density at radius 2 is 1.91 bits per heavy atom. The van der Waals surface area contributed by atoms with Gasteiger partial charge in [-0.05, 0) is 37.7 Å². The van der Waals surface area contributed by atoms with Crippen LogP contribution in [0.25, 0.3) is 0 Å². The minimum atomic E-state index is 0.0362. The van der Waals surface area contributed by atoms with Gasteiger partial charge in [-0.2, -0.15) is 5.10 Å². The number of rotatable bonds is 5. The van der Waals surface area contributed by atoms with E-state index in [4.69, 9.17) is 0 Å². The first-order chi connectivity index (χ1) is 15.5. The minimum Gasteiger partial charge on any atom is -0.356 e. The van der Waals surface area contributed by atoms with Gasteiger partial charge in [-0.3, -0.25) is 19.2 Å². The van der Waals surface area contributed by atoms with Crippen LogP contribution in [0.5, 0.6) is 0 Å². The van der Waals surface area contributed by atoms with Crippen molar-refractivity contribution >= 4 is 11.8 Å². The highest BCUT2D eigenvalue weighted by Crippen LogP contribution is 2.24. The summed E-state index contributed by atoms with van der Waals surface area (Å²) in [6.45, 7) is 9.34. The molecule has 2 aromatic rings. The van der Waals surface area contributed by atoms with E-state index in [1.54, 1.807) is 0 Å². The maximum Gasteiger partial charge on any atom is 0.234 e. The molecular weight excluding hydrogens is 402 g/mol. The molecule has 172 valence electrons. The van der Waals surface area contributed by atoms with Gasteiger partial charge >= 0.3 is 0 Å². The number of allylic oxidation sites excluding steroid dienone is 1. The van der Waals surface area contributed by atoms with Crippen LogP contribution in [0.3, 0.4) is 0 Å². The Labute approximate surface area is 190 Å². The van der Waals surface area contributed by atoms with Gasteiger partial charge in [-0.15, -0.1) is 6.58 Å². The van der Waals surface area contributed by atoms with Crippen molar-refractivity contribution < 1.29 is 9.59 Å². The molecule has 32 heavy (non-hydrogen) atoms. The van der Waals surface area contributed by atoms with Gasteiger partial charge in [0.15, 0.2) is 0 Å². The van der Waals surface area contributed by atoms with E-state index in [0.29, 0.717) is 39.1 Å². The Hall–Kier alpha value is -2.93. The monoisotopic (exact) mass is 437 g/mol. The smallest absolute Gasteiger partial charge is 0.234 e. The number of hydrogen-bond donors (Lipinski definition) is 2. The fraction of sp³-hybridized carbons (Fsp3) is 0.480. The van der Waals surface area contributed by atoms with Crippen LogP contribution in [0.1, 0.15) is 48.4 Å². The van der Waals surface area contributed by atoms with E-state index >= 15 is 0 Å². The van der Waals surface area contributed by atoms with Crippen molar-refractivity contribution in [2.24, 2.45) is 0 Å². The van der Waals surface area contributed by atoms with E-state index in [2.05, 4.69) is 39.3 Å². The molecule has 2 heterocycles.